The van der Waals surface area contributed by atoms with E-state index in [-0.39, 0.29) is 5.56 Å². The SMILES string of the molecule is COc1ccc(Cn2c3nc4ccccc4nc3c3c(=O)n(CCc4ccccc4)cnc32)cc1. The number of rotatable bonds is 6. The molecule has 0 radical (unpaired) electrons. The molecule has 0 unspecified atom stereocenters. The summed E-state index contributed by atoms with van der Waals surface area (Å²) in [7, 11) is 1.65. The molecular weight excluding hydrogens is 438 g/mol. The Hall–Kier alpha value is -4.52. The zero-order chi connectivity index (χ0) is 23.8. The van der Waals surface area contributed by atoms with Crippen molar-refractivity contribution in [2.24, 2.45) is 0 Å². The van der Waals surface area contributed by atoms with Gasteiger partial charge in [-0.25, -0.2) is 15.0 Å². The molecule has 0 saturated heterocycles. The van der Waals surface area contributed by atoms with Gasteiger partial charge >= 0.3 is 0 Å². The minimum absolute atomic E-state index is 0.103. The summed E-state index contributed by atoms with van der Waals surface area (Å²) in [5.74, 6) is 0.793. The van der Waals surface area contributed by atoms with E-state index in [0.717, 1.165) is 28.8 Å². The maximum Gasteiger partial charge on any atom is 0.265 e. The van der Waals surface area contributed by atoms with Crippen LogP contribution in [0.3, 0.4) is 0 Å². The molecule has 6 rings (SSSR count). The highest BCUT2D eigenvalue weighted by molar-refractivity contribution is 6.04. The molecule has 0 N–H and O–H groups in total. The lowest BCUT2D eigenvalue weighted by atomic mass is 10.1. The number of benzene rings is 3. The Morgan fingerprint density at radius 2 is 1.51 bits per heavy atom. The number of methoxy groups -OCH3 is 1. The van der Waals surface area contributed by atoms with Crippen molar-refractivity contribution in [3.63, 3.8) is 0 Å². The highest BCUT2D eigenvalue weighted by atomic mass is 16.5. The van der Waals surface area contributed by atoms with Crippen molar-refractivity contribution in [3.8, 4) is 5.75 Å². The molecule has 0 fully saturated rings. The third-order valence-electron chi connectivity index (χ3n) is 6.30. The van der Waals surface area contributed by atoms with Gasteiger partial charge in [0.05, 0.1) is 31.0 Å². The van der Waals surface area contributed by atoms with Crippen LogP contribution in [0.4, 0.5) is 0 Å². The molecule has 0 amide bonds. The maximum absolute atomic E-state index is 13.7. The number of para-hydroxylation sites is 2. The summed E-state index contributed by atoms with van der Waals surface area (Å²) in [6.07, 6.45) is 2.38. The average molecular weight is 462 g/mol. The number of hydrogen-bond acceptors (Lipinski definition) is 5. The fourth-order valence-electron chi connectivity index (χ4n) is 4.46. The van der Waals surface area contributed by atoms with E-state index in [1.807, 2.05) is 71.3 Å². The van der Waals surface area contributed by atoms with Gasteiger partial charge in [0.15, 0.2) is 11.3 Å². The summed E-state index contributed by atoms with van der Waals surface area (Å²) in [6.45, 7) is 1.05. The van der Waals surface area contributed by atoms with E-state index in [0.29, 0.717) is 35.3 Å². The third-order valence-corrected chi connectivity index (χ3v) is 6.30. The lowest BCUT2D eigenvalue weighted by Crippen LogP contribution is -2.22. The van der Waals surface area contributed by atoms with Crippen molar-refractivity contribution in [1.29, 1.82) is 0 Å². The van der Waals surface area contributed by atoms with Gasteiger partial charge in [-0.2, -0.15) is 0 Å². The summed E-state index contributed by atoms with van der Waals surface area (Å²) in [5.41, 5.74) is 5.48. The van der Waals surface area contributed by atoms with Crippen LogP contribution in [0, 0.1) is 0 Å². The van der Waals surface area contributed by atoms with Crippen molar-refractivity contribution < 1.29 is 4.74 Å². The number of aromatic nitrogens is 5. The van der Waals surface area contributed by atoms with Crippen LogP contribution in [0.25, 0.3) is 33.2 Å². The molecule has 6 aromatic rings. The molecule has 0 aliphatic rings. The molecule has 35 heavy (non-hydrogen) atoms. The average Bonchev–Trinajstić information content (AvgIpc) is 3.21. The van der Waals surface area contributed by atoms with Crippen LogP contribution in [0.2, 0.25) is 0 Å². The standard InChI is InChI=1S/C28H23N5O2/c1-35-21-13-11-20(12-14-21)17-33-26-24(25-27(33)31-23-10-6-5-9-22(23)30-25)28(34)32(18-29-26)16-15-19-7-3-2-4-8-19/h2-14,18H,15-17H2,1H3. The maximum atomic E-state index is 13.7. The molecule has 7 nitrogen and oxygen atoms in total. The molecule has 0 bridgehead atoms. The fraction of sp³-hybridized carbons (Fsp3) is 0.143. The van der Waals surface area contributed by atoms with Crippen LogP contribution in [0.1, 0.15) is 11.1 Å². The number of fused-ring (bicyclic) bond motifs is 4. The first kappa shape index (κ1) is 21.0. The normalized spacial score (nSPS) is 11.5. The Morgan fingerprint density at radius 1 is 0.800 bits per heavy atom. The summed E-state index contributed by atoms with van der Waals surface area (Å²) < 4.78 is 8.94. The zero-order valence-electron chi connectivity index (χ0n) is 19.3. The molecular formula is C28H23N5O2. The van der Waals surface area contributed by atoms with E-state index in [1.54, 1.807) is 18.0 Å². The second kappa shape index (κ2) is 8.68. The molecule has 0 aliphatic heterocycles. The first-order valence-electron chi connectivity index (χ1n) is 11.5. The Labute approximate surface area is 201 Å². The van der Waals surface area contributed by atoms with Gasteiger partial charge in [-0.3, -0.25) is 9.36 Å². The van der Waals surface area contributed by atoms with E-state index in [9.17, 15) is 4.79 Å². The van der Waals surface area contributed by atoms with Crippen LogP contribution in [-0.2, 0) is 19.5 Å². The van der Waals surface area contributed by atoms with E-state index in [1.165, 1.54) is 5.56 Å². The summed E-state index contributed by atoms with van der Waals surface area (Å²) in [5, 5.41) is 0.502. The molecule has 7 heteroatoms. The molecule has 3 aromatic heterocycles. The summed E-state index contributed by atoms with van der Waals surface area (Å²) in [6, 6.07) is 25.7. The first-order valence-corrected chi connectivity index (χ1v) is 11.5. The fourth-order valence-corrected chi connectivity index (χ4v) is 4.46. The van der Waals surface area contributed by atoms with Gasteiger partial charge in [-0.05, 0) is 41.8 Å². The summed E-state index contributed by atoms with van der Waals surface area (Å²) >= 11 is 0. The number of aryl methyl sites for hydroxylation is 2. The smallest absolute Gasteiger partial charge is 0.265 e. The second-order valence-corrected chi connectivity index (χ2v) is 8.50. The van der Waals surface area contributed by atoms with Gasteiger partial charge in [-0.1, -0.05) is 54.6 Å². The quantitative estimate of drug-likeness (QED) is 0.363. The van der Waals surface area contributed by atoms with Crippen LogP contribution in [-0.4, -0.2) is 31.2 Å². The Balaban J connectivity index is 1.52. The van der Waals surface area contributed by atoms with Gasteiger partial charge in [0.2, 0.25) is 0 Å². The van der Waals surface area contributed by atoms with Gasteiger partial charge in [0.25, 0.3) is 5.56 Å². The van der Waals surface area contributed by atoms with E-state index in [4.69, 9.17) is 19.7 Å². The predicted octanol–water partition coefficient (Wildman–Crippen LogP) is 4.59. The monoisotopic (exact) mass is 461 g/mol. The Kier molecular flexibility index (Phi) is 5.22. The molecule has 3 aromatic carbocycles. The number of ether oxygens (including phenoxy) is 1. The highest BCUT2D eigenvalue weighted by Crippen LogP contribution is 2.26. The van der Waals surface area contributed by atoms with Crippen molar-refractivity contribution in [1.82, 2.24) is 24.1 Å². The number of nitrogens with zero attached hydrogens (tertiary/aromatic N) is 5. The summed E-state index contributed by atoms with van der Waals surface area (Å²) in [4.78, 5) is 28.2. The van der Waals surface area contributed by atoms with Gasteiger partial charge in [-0.15, -0.1) is 0 Å². The van der Waals surface area contributed by atoms with Crippen molar-refractivity contribution in [2.75, 3.05) is 7.11 Å². The minimum atomic E-state index is -0.103. The first-order chi connectivity index (χ1) is 17.2. The second-order valence-electron chi connectivity index (χ2n) is 8.50. The van der Waals surface area contributed by atoms with Crippen molar-refractivity contribution in [3.05, 3.63) is 107 Å². The molecule has 3 heterocycles. The molecule has 0 spiro atoms. The van der Waals surface area contributed by atoms with E-state index in [2.05, 4.69) is 12.1 Å². The van der Waals surface area contributed by atoms with Crippen molar-refractivity contribution in [2.45, 2.75) is 19.5 Å². The Morgan fingerprint density at radius 3 is 2.26 bits per heavy atom. The van der Waals surface area contributed by atoms with Gasteiger partial charge in [0, 0.05) is 6.54 Å². The highest BCUT2D eigenvalue weighted by Gasteiger charge is 2.20. The third kappa shape index (κ3) is 3.81. The van der Waals surface area contributed by atoms with Crippen molar-refractivity contribution >= 4 is 33.2 Å². The van der Waals surface area contributed by atoms with E-state index >= 15 is 0 Å². The van der Waals surface area contributed by atoms with Gasteiger partial charge in [0.1, 0.15) is 16.7 Å². The molecule has 0 saturated carbocycles. The zero-order valence-corrected chi connectivity index (χ0v) is 19.3. The topological polar surface area (TPSA) is 74.8 Å². The van der Waals surface area contributed by atoms with Gasteiger partial charge < -0.3 is 9.30 Å². The number of hydrogen-bond donors (Lipinski definition) is 0. The minimum Gasteiger partial charge on any atom is -0.497 e. The Bertz CT molecular complexity index is 1720. The van der Waals surface area contributed by atoms with Crippen LogP contribution >= 0.6 is 0 Å². The van der Waals surface area contributed by atoms with E-state index < -0.39 is 0 Å². The molecule has 172 valence electrons. The predicted molar refractivity (Wildman–Crippen MR) is 137 cm³/mol. The van der Waals surface area contributed by atoms with Crippen LogP contribution in [0.5, 0.6) is 5.75 Å². The molecule has 0 aliphatic carbocycles. The largest absolute Gasteiger partial charge is 0.497 e. The van der Waals surface area contributed by atoms with Crippen LogP contribution < -0.4 is 10.3 Å². The lowest BCUT2D eigenvalue weighted by molar-refractivity contribution is 0.414. The van der Waals surface area contributed by atoms with Crippen LogP contribution in [0.15, 0.2) is 90.0 Å². The lowest BCUT2D eigenvalue weighted by Gasteiger charge is -2.09. The molecule has 0 atom stereocenters.